The first-order valence-corrected chi connectivity index (χ1v) is 15.1. The molecule has 0 radical (unpaired) electrons. The van der Waals surface area contributed by atoms with Crippen LogP contribution in [-0.4, -0.2) is 38.2 Å². The largest absolute Gasteiger partial charge is 0.478 e. The summed E-state index contributed by atoms with van der Waals surface area (Å²) in [5, 5.41) is 28.3. The van der Waals surface area contributed by atoms with Gasteiger partial charge in [0, 0.05) is 29.2 Å². The SMILES string of the molecule is CC(C)(C)c1ccc2c(c1)c1cc(C(C)(C)C)ccc1n2-c1ccnc(C2C=C(C(=O)O)C=C(C3=CC(C(=O)O)=CCN3)N2)c1. The smallest absolute Gasteiger partial charge is 0.335 e. The molecule has 0 spiro atoms. The van der Waals surface area contributed by atoms with Crippen LogP contribution in [0, 0.1) is 0 Å². The molecule has 6 rings (SSSR count). The van der Waals surface area contributed by atoms with E-state index in [0.29, 0.717) is 23.6 Å². The molecule has 4 N–H and O–H groups in total. The van der Waals surface area contributed by atoms with Crippen LogP contribution < -0.4 is 10.6 Å². The molecule has 0 fully saturated rings. The van der Waals surface area contributed by atoms with Gasteiger partial charge >= 0.3 is 11.9 Å². The van der Waals surface area contributed by atoms with Gasteiger partial charge in [0.1, 0.15) is 0 Å². The van der Waals surface area contributed by atoms with E-state index in [1.165, 1.54) is 34.1 Å². The number of nitrogens with zero attached hydrogens (tertiary/aromatic N) is 2. The normalized spacial score (nSPS) is 17.2. The molecule has 8 nitrogen and oxygen atoms in total. The molecule has 0 aliphatic carbocycles. The average Bonchev–Trinajstić information content (AvgIpc) is 3.33. The predicted octanol–water partition coefficient (Wildman–Crippen LogP) is 6.81. The Balaban J connectivity index is 1.48. The van der Waals surface area contributed by atoms with Gasteiger partial charge in [0.2, 0.25) is 0 Å². The molecule has 2 aliphatic rings. The summed E-state index contributed by atoms with van der Waals surface area (Å²) >= 11 is 0. The van der Waals surface area contributed by atoms with Crippen LogP contribution in [0.25, 0.3) is 27.5 Å². The standard InChI is InChI=1S/C37H38N4O4/c1-36(2,3)23-7-9-32-26(18-23)27-19-24(37(4,5)6)8-10-33(27)41(32)25-12-14-39-29(20-25)31-17-22(35(44)45)16-30(40-31)28-15-21(34(42)43)11-13-38-28/h7-12,14-20,31,38,40H,13H2,1-6H3,(H,42,43)(H,44,45). The van der Waals surface area contributed by atoms with Crippen molar-refractivity contribution >= 4 is 33.7 Å². The Morgan fingerprint density at radius 1 is 0.800 bits per heavy atom. The third kappa shape index (κ3) is 5.64. The Bertz CT molecular complexity index is 1940. The van der Waals surface area contributed by atoms with Crippen molar-refractivity contribution in [3.8, 4) is 5.69 Å². The van der Waals surface area contributed by atoms with E-state index in [0.717, 1.165) is 16.7 Å². The lowest BCUT2D eigenvalue weighted by molar-refractivity contribution is -0.133. The fraction of sp³-hybridized carbons (Fsp3) is 0.270. The second-order valence-electron chi connectivity index (χ2n) is 13.7. The zero-order valence-corrected chi connectivity index (χ0v) is 26.4. The molecule has 4 aromatic rings. The van der Waals surface area contributed by atoms with Crippen molar-refractivity contribution in [3.05, 3.63) is 118 Å². The number of dihydropyridines is 2. The number of aliphatic carboxylic acids is 2. The highest BCUT2D eigenvalue weighted by Gasteiger charge is 2.25. The van der Waals surface area contributed by atoms with Crippen molar-refractivity contribution in [3.63, 3.8) is 0 Å². The van der Waals surface area contributed by atoms with Gasteiger partial charge in [-0.15, -0.1) is 0 Å². The molecule has 1 unspecified atom stereocenters. The number of carboxylic acid groups (broad SMARTS) is 2. The van der Waals surface area contributed by atoms with Gasteiger partial charge in [-0.2, -0.15) is 0 Å². The number of rotatable bonds is 5. The summed E-state index contributed by atoms with van der Waals surface area (Å²) in [6.07, 6.45) is 7.97. The number of hydrogen-bond donors (Lipinski definition) is 4. The van der Waals surface area contributed by atoms with Crippen molar-refractivity contribution in [1.29, 1.82) is 0 Å². The second-order valence-corrected chi connectivity index (χ2v) is 13.7. The quantitative estimate of drug-likeness (QED) is 0.198. The van der Waals surface area contributed by atoms with E-state index in [2.05, 4.69) is 98.1 Å². The zero-order valence-electron chi connectivity index (χ0n) is 26.4. The van der Waals surface area contributed by atoms with E-state index in [9.17, 15) is 19.8 Å². The topological polar surface area (TPSA) is 116 Å². The molecule has 0 amide bonds. The summed E-state index contributed by atoms with van der Waals surface area (Å²) in [6, 6.07) is 16.7. The van der Waals surface area contributed by atoms with E-state index in [1.54, 1.807) is 18.3 Å². The van der Waals surface area contributed by atoms with Gasteiger partial charge in [-0.1, -0.05) is 59.8 Å². The first-order chi connectivity index (χ1) is 21.2. The van der Waals surface area contributed by atoms with Crippen molar-refractivity contribution < 1.29 is 19.8 Å². The van der Waals surface area contributed by atoms with Crippen LogP contribution >= 0.6 is 0 Å². The van der Waals surface area contributed by atoms with Gasteiger partial charge in [0.25, 0.3) is 0 Å². The molecule has 2 aromatic heterocycles. The Kier molecular flexibility index (Phi) is 7.19. The molecule has 1 atom stereocenters. The molecular weight excluding hydrogens is 564 g/mol. The lowest BCUT2D eigenvalue weighted by atomic mass is 9.85. The van der Waals surface area contributed by atoms with Crippen LogP contribution in [0.3, 0.4) is 0 Å². The van der Waals surface area contributed by atoms with Gasteiger partial charge in [0.15, 0.2) is 0 Å². The van der Waals surface area contributed by atoms with Crippen LogP contribution in [0.5, 0.6) is 0 Å². The number of hydrogen-bond acceptors (Lipinski definition) is 5. The molecule has 0 saturated heterocycles. The molecule has 0 bridgehead atoms. The summed E-state index contributed by atoms with van der Waals surface area (Å²) in [5.74, 6) is -2.12. The Hall–Kier alpha value is -5.11. The molecule has 2 aromatic carbocycles. The van der Waals surface area contributed by atoms with Crippen LogP contribution in [-0.2, 0) is 20.4 Å². The highest BCUT2D eigenvalue weighted by molar-refractivity contribution is 6.10. The lowest BCUT2D eigenvalue weighted by Gasteiger charge is -2.27. The maximum absolute atomic E-state index is 12.2. The van der Waals surface area contributed by atoms with E-state index in [1.807, 2.05) is 12.1 Å². The molecule has 8 heteroatoms. The molecule has 45 heavy (non-hydrogen) atoms. The predicted molar refractivity (Wildman–Crippen MR) is 177 cm³/mol. The van der Waals surface area contributed by atoms with Crippen LogP contribution in [0.2, 0.25) is 0 Å². The monoisotopic (exact) mass is 602 g/mol. The van der Waals surface area contributed by atoms with Crippen LogP contribution in [0.15, 0.2) is 102 Å². The van der Waals surface area contributed by atoms with E-state index in [-0.39, 0.29) is 22.0 Å². The maximum atomic E-state index is 12.2. The maximum Gasteiger partial charge on any atom is 0.335 e. The number of carbonyl (C=O) groups is 2. The summed E-state index contributed by atoms with van der Waals surface area (Å²) in [5.41, 5.74) is 7.42. The van der Waals surface area contributed by atoms with Crippen molar-refractivity contribution in [2.75, 3.05) is 6.54 Å². The molecular formula is C37H38N4O4. The van der Waals surface area contributed by atoms with E-state index in [4.69, 9.17) is 0 Å². The van der Waals surface area contributed by atoms with Gasteiger partial charge in [0.05, 0.1) is 45.3 Å². The van der Waals surface area contributed by atoms with Gasteiger partial charge < -0.3 is 25.4 Å². The lowest BCUT2D eigenvalue weighted by Crippen LogP contribution is -2.31. The van der Waals surface area contributed by atoms with Gasteiger partial charge in [-0.25, -0.2) is 9.59 Å². The first kappa shape index (κ1) is 29.9. The summed E-state index contributed by atoms with van der Waals surface area (Å²) in [6.45, 7) is 13.6. The third-order valence-electron chi connectivity index (χ3n) is 8.49. The van der Waals surface area contributed by atoms with Crippen LogP contribution in [0.1, 0.15) is 64.4 Å². The Morgan fingerprint density at radius 3 is 1.93 bits per heavy atom. The van der Waals surface area contributed by atoms with Gasteiger partial charge in [-0.3, -0.25) is 4.98 Å². The summed E-state index contributed by atoms with van der Waals surface area (Å²) in [4.78, 5) is 28.4. The average molecular weight is 603 g/mol. The van der Waals surface area contributed by atoms with Crippen molar-refractivity contribution in [1.82, 2.24) is 20.2 Å². The Labute approximate surface area is 262 Å². The number of pyridine rings is 1. The zero-order chi connectivity index (χ0) is 32.3. The van der Waals surface area contributed by atoms with E-state index < -0.39 is 18.0 Å². The van der Waals surface area contributed by atoms with E-state index >= 15 is 0 Å². The fourth-order valence-corrected chi connectivity index (χ4v) is 5.92. The molecule has 2 aliphatic heterocycles. The summed E-state index contributed by atoms with van der Waals surface area (Å²) < 4.78 is 2.24. The van der Waals surface area contributed by atoms with Gasteiger partial charge in [-0.05, 0) is 76.6 Å². The number of nitrogens with one attached hydrogen (secondary N) is 2. The Morgan fingerprint density at radius 2 is 1.38 bits per heavy atom. The number of fused-ring (bicyclic) bond motifs is 3. The fourth-order valence-electron chi connectivity index (χ4n) is 5.92. The molecule has 230 valence electrons. The second kappa shape index (κ2) is 10.8. The van der Waals surface area contributed by atoms with Crippen LogP contribution in [0.4, 0.5) is 0 Å². The molecule has 4 heterocycles. The summed E-state index contributed by atoms with van der Waals surface area (Å²) in [7, 11) is 0. The van der Waals surface area contributed by atoms with Crippen molar-refractivity contribution in [2.24, 2.45) is 0 Å². The number of carboxylic acids is 2. The van der Waals surface area contributed by atoms with Crippen molar-refractivity contribution in [2.45, 2.75) is 58.4 Å². The minimum absolute atomic E-state index is 0.0101. The highest BCUT2D eigenvalue weighted by atomic mass is 16.4. The first-order valence-electron chi connectivity index (χ1n) is 15.1. The molecule has 0 saturated carbocycles. The minimum Gasteiger partial charge on any atom is -0.478 e. The number of benzene rings is 2. The minimum atomic E-state index is -1.08. The third-order valence-corrected chi connectivity index (χ3v) is 8.49. The highest BCUT2D eigenvalue weighted by Crippen LogP contribution is 2.38. The number of aromatic nitrogens is 2.